The van der Waals surface area contributed by atoms with E-state index in [0.29, 0.717) is 6.04 Å². The molecule has 1 aromatic rings. The lowest BCUT2D eigenvalue weighted by Crippen LogP contribution is -2.56. The summed E-state index contributed by atoms with van der Waals surface area (Å²) in [7, 11) is 3.88. The molecule has 19 heavy (non-hydrogen) atoms. The minimum atomic E-state index is 0.0771. The van der Waals surface area contributed by atoms with Crippen molar-refractivity contribution in [1.29, 1.82) is 0 Å². The van der Waals surface area contributed by atoms with E-state index in [9.17, 15) is 0 Å². The van der Waals surface area contributed by atoms with E-state index in [1.807, 2.05) is 25.0 Å². The molecule has 2 rings (SSSR count). The molecule has 0 aromatic carbocycles. The van der Waals surface area contributed by atoms with Crippen molar-refractivity contribution in [3.8, 4) is 0 Å². The van der Waals surface area contributed by atoms with Crippen molar-refractivity contribution in [3.05, 3.63) is 18.0 Å². The van der Waals surface area contributed by atoms with E-state index in [0.717, 1.165) is 19.4 Å². The quantitative estimate of drug-likeness (QED) is 0.784. The van der Waals surface area contributed by atoms with E-state index in [-0.39, 0.29) is 5.60 Å². The highest BCUT2D eigenvalue weighted by atomic mass is 16.5. The highest BCUT2D eigenvalue weighted by molar-refractivity contribution is 5.04. The normalized spacial score (nSPS) is 19.1. The largest absolute Gasteiger partial charge is 0.377 e. The van der Waals surface area contributed by atoms with Crippen molar-refractivity contribution >= 4 is 0 Å². The van der Waals surface area contributed by atoms with Gasteiger partial charge < -0.3 is 10.1 Å². The molecule has 1 unspecified atom stereocenters. The Bertz CT molecular complexity index is 379. The van der Waals surface area contributed by atoms with Gasteiger partial charge in [0.05, 0.1) is 5.60 Å². The first kappa shape index (κ1) is 14.5. The zero-order chi connectivity index (χ0) is 13.7. The van der Waals surface area contributed by atoms with Crippen LogP contribution in [0.3, 0.4) is 0 Å². The van der Waals surface area contributed by atoms with Gasteiger partial charge in [0.15, 0.2) is 0 Å². The van der Waals surface area contributed by atoms with Crippen LogP contribution in [0.5, 0.6) is 0 Å². The fraction of sp³-hybridized carbons (Fsp3) is 0.800. The van der Waals surface area contributed by atoms with Crippen molar-refractivity contribution in [1.82, 2.24) is 15.1 Å². The van der Waals surface area contributed by atoms with Gasteiger partial charge in [0.1, 0.15) is 0 Å². The molecule has 0 saturated heterocycles. The Balaban J connectivity index is 1.95. The van der Waals surface area contributed by atoms with Gasteiger partial charge in [0.25, 0.3) is 0 Å². The molecular formula is C15H27N3O. The number of aromatic nitrogens is 2. The van der Waals surface area contributed by atoms with Crippen molar-refractivity contribution < 1.29 is 4.74 Å². The Morgan fingerprint density at radius 1 is 1.53 bits per heavy atom. The second-order valence-electron chi connectivity index (χ2n) is 5.61. The van der Waals surface area contributed by atoms with E-state index < -0.39 is 0 Å². The molecule has 1 aliphatic carbocycles. The topological polar surface area (TPSA) is 39.1 Å². The van der Waals surface area contributed by atoms with Gasteiger partial charge in [-0.25, -0.2) is 0 Å². The first-order valence-corrected chi connectivity index (χ1v) is 7.47. The van der Waals surface area contributed by atoms with E-state index in [2.05, 4.69) is 23.4 Å². The van der Waals surface area contributed by atoms with Crippen LogP contribution in [-0.2, 0) is 18.2 Å². The smallest absolute Gasteiger partial charge is 0.0831 e. The molecule has 0 bridgehead atoms. The highest BCUT2D eigenvalue weighted by Gasteiger charge is 2.43. The van der Waals surface area contributed by atoms with Gasteiger partial charge in [-0.1, -0.05) is 6.92 Å². The van der Waals surface area contributed by atoms with Crippen LogP contribution in [0.25, 0.3) is 0 Å². The SMILES string of the molecule is CCCNC(CCc1ccnn1C)C1(OC)CCC1. The van der Waals surface area contributed by atoms with Crippen LogP contribution >= 0.6 is 0 Å². The lowest BCUT2D eigenvalue weighted by atomic mass is 9.73. The lowest BCUT2D eigenvalue weighted by molar-refractivity contribution is -0.0998. The fourth-order valence-corrected chi connectivity index (χ4v) is 3.03. The summed E-state index contributed by atoms with van der Waals surface area (Å²) in [5.74, 6) is 0. The molecule has 108 valence electrons. The molecule has 0 radical (unpaired) electrons. The number of methoxy groups -OCH3 is 1. The molecule has 0 spiro atoms. The standard InChI is InChI=1S/C15H27N3O/c1-4-11-16-14(15(19-3)9-5-10-15)7-6-13-8-12-17-18(13)2/h8,12,14,16H,4-7,9-11H2,1-3H3. The van der Waals surface area contributed by atoms with Crippen molar-refractivity contribution in [2.75, 3.05) is 13.7 Å². The third-order valence-electron chi connectivity index (χ3n) is 4.49. The van der Waals surface area contributed by atoms with E-state index in [4.69, 9.17) is 4.74 Å². The summed E-state index contributed by atoms with van der Waals surface area (Å²) in [5.41, 5.74) is 1.38. The first-order valence-electron chi connectivity index (χ1n) is 7.47. The van der Waals surface area contributed by atoms with Gasteiger partial charge in [-0.15, -0.1) is 0 Å². The van der Waals surface area contributed by atoms with E-state index in [1.54, 1.807) is 0 Å². The summed E-state index contributed by atoms with van der Waals surface area (Å²) in [4.78, 5) is 0. The Morgan fingerprint density at radius 2 is 2.32 bits per heavy atom. The third kappa shape index (κ3) is 3.18. The summed E-state index contributed by atoms with van der Waals surface area (Å²) in [6, 6.07) is 2.57. The average Bonchev–Trinajstić information content (AvgIpc) is 2.76. The molecule has 0 amide bonds. The second-order valence-corrected chi connectivity index (χ2v) is 5.61. The van der Waals surface area contributed by atoms with Crippen LogP contribution in [0.4, 0.5) is 0 Å². The first-order chi connectivity index (χ1) is 9.22. The highest BCUT2D eigenvalue weighted by Crippen LogP contribution is 2.39. The van der Waals surface area contributed by atoms with Crippen molar-refractivity contribution in [2.24, 2.45) is 7.05 Å². The van der Waals surface area contributed by atoms with Gasteiger partial charge in [-0.3, -0.25) is 4.68 Å². The Hall–Kier alpha value is -0.870. The van der Waals surface area contributed by atoms with E-state index >= 15 is 0 Å². The number of nitrogens with one attached hydrogen (secondary N) is 1. The maximum atomic E-state index is 5.85. The summed E-state index contributed by atoms with van der Waals surface area (Å²) < 4.78 is 7.82. The second kappa shape index (κ2) is 6.53. The Morgan fingerprint density at radius 3 is 2.79 bits per heavy atom. The number of nitrogens with zero attached hydrogens (tertiary/aromatic N) is 2. The number of ether oxygens (including phenoxy) is 1. The molecule has 1 heterocycles. The molecule has 0 aliphatic heterocycles. The molecular weight excluding hydrogens is 238 g/mol. The predicted molar refractivity (Wildman–Crippen MR) is 77.2 cm³/mol. The summed E-state index contributed by atoms with van der Waals surface area (Å²) in [5, 5.41) is 7.93. The van der Waals surface area contributed by atoms with Crippen molar-refractivity contribution in [3.63, 3.8) is 0 Å². The van der Waals surface area contributed by atoms with Crippen molar-refractivity contribution in [2.45, 2.75) is 57.1 Å². The van der Waals surface area contributed by atoms with Gasteiger partial charge in [0.2, 0.25) is 0 Å². The van der Waals surface area contributed by atoms with Crippen LogP contribution < -0.4 is 5.32 Å². The molecule has 1 atom stereocenters. The fourth-order valence-electron chi connectivity index (χ4n) is 3.03. The van der Waals surface area contributed by atoms with Crippen LogP contribution in [0, 0.1) is 0 Å². The Labute approximate surface area is 116 Å². The zero-order valence-corrected chi connectivity index (χ0v) is 12.5. The Kier molecular flexibility index (Phi) is 4.99. The average molecular weight is 265 g/mol. The van der Waals surface area contributed by atoms with Gasteiger partial charge in [-0.05, 0) is 51.1 Å². The lowest BCUT2D eigenvalue weighted by Gasteiger charge is -2.47. The molecule has 1 N–H and O–H groups in total. The molecule has 4 nitrogen and oxygen atoms in total. The zero-order valence-electron chi connectivity index (χ0n) is 12.5. The van der Waals surface area contributed by atoms with Crippen LogP contribution in [0.1, 0.15) is 44.7 Å². The number of rotatable bonds is 8. The molecule has 1 aliphatic rings. The number of hydrogen-bond acceptors (Lipinski definition) is 3. The van der Waals surface area contributed by atoms with Gasteiger partial charge >= 0.3 is 0 Å². The third-order valence-corrected chi connectivity index (χ3v) is 4.49. The molecule has 1 saturated carbocycles. The monoisotopic (exact) mass is 265 g/mol. The summed E-state index contributed by atoms with van der Waals surface area (Å²) in [6.45, 7) is 3.28. The maximum absolute atomic E-state index is 5.85. The minimum Gasteiger partial charge on any atom is -0.377 e. The molecule has 1 fully saturated rings. The van der Waals surface area contributed by atoms with Crippen LogP contribution in [0.2, 0.25) is 0 Å². The number of aryl methyl sites for hydroxylation is 2. The minimum absolute atomic E-state index is 0.0771. The molecule has 4 heteroatoms. The van der Waals surface area contributed by atoms with Crippen LogP contribution in [-0.4, -0.2) is 35.1 Å². The van der Waals surface area contributed by atoms with Gasteiger partial charge in [0, 0.05) is 32.1 Å². The summed E-state index contributed by atoms with van der Waals surface area (Å²) in [6.07, 6.45) is 8.90. The van der Waals surface area contributed by atoms with Gasteiger partial charge in [-0.2, -0.15) is 5.10 Å². The predicted octanol–water partition coefficient (Wildman–Crippen LogP) is 2.29. The summed E-state index contributed by atoms with van der Waals surface area (Å²) >= 11 is 0. The van der Waals surface area contributed by atoms with E-state index in [1.165, 1.54) is 31.4 Å². The molecule has 1 aromatic heterocycles. The maximum Gasteiger partial charge on any atom is 0.0831 e. The van der Waals surface area contributed by atoms with Crippen LogP contribution in [0.15, 0.2) is 12.3 Å². The number of hydrogen-bond donors (Lipinski definition) is 1.